The van der Waals surface area contributed by atoms with Crippen molar-refractivity contribution in [2.24, 2.45) is 0 Å². The highest BCUT2D eigenvalue weighted by Gasteiger charge is 2.53. The lowest BCUT2D eigenvalue weighted by atomic mass is 9.97. The van der Waals surface area contributed by atoms with Crippen molar-refractivity contribution in [1.82, 2.24) is 14.3 Å². The van der Waals surface area contributed by atoms with E-state index in [1.54, 1.807) is 6.92 Å². The zero-order valence-electron chi connectivity index (χ0n) is 12.2. The topological polar surface area (TPSA) is 66.1 Å². The number of halogens is 3. The van der Waals surface area contributed by atoms with Crippen LogP contribution in [0, 0.1) is 0 Å². The first-order chi connectivity index (χ1) is 10.1. The third kappa shape index (κ3) is 2.64. The molecule has 1 saturated carbocycles. The maximum absolute atomic E-state index is 12.6. The molecule has 1 aliphatic heterocycles. The van der Waals surface area contributed by atoms with Gasteiger partial charge in [0.25, 0.3) is 0 Å². The van der Waals surface area contributed by atoms with Gasteiger partial charge in [-0.05, 0) is 32.6 Å². The molecule has 2 heterocycles. The average molecular weight is 337 g/mol. The number of H-pyrrole nitrogens is 1. The van der Waals surface area contributed by atoms with E-state index in [0.717, 1.165) is 6.20 Å². The number of sulfonamides is 1. The van der Waals surface area contributed by atoms with E-state index in [-0.39, 0.29) is 5.92 Å². The zero-order valence-corrected chi connectivity index (χ0v) is 13.0. The number of alkyl halides is 3. The molecule has 2 fully saturated rings. The summed E-state index contributed by atoms with van der Waals surface area (Å²) >= 11 is 0. The number of aromatic nitrogens is 2. The Kier molecular flexibility index (Phi) is 3.56. The van der Waals surface area contributed by atoms with E-state index in [1.165, 1.54) is 4.31 Å². The van der Waals surface area contributed by atoms with E-state index in [0.29, 0.717) is 44.6 Å². The molecule has 9 heteroatoms. The number of hydrogen-bond donors (Lipinski definition) is 1. The van der Waals surface area contributed by atoms with Crippen molar-refractivity contribution in [2.75, 3.05) is 13.1 Å². The van der Waals surface area contributed by atoms with E-state index in [9.17, 15) is 21.6 Å². The molecule has 0 unspecified atom stereocenters. The fourth-order valence-electron chi connectivity index (χ4n) is 2.80. The van der Waals surface area contributed by atoms with Crippen LogP contribution in [0.25, 0.3) is 0 Å². The molecule has 2 aliphatic rings. The van der Waals surface area contributed by atoms with Crippen LogP contribution in [0.5, 0.6) is 0 Å². The maximum atomic E-state index is 12.6. The minimum absolute atomic E-state index is 0.158. The fraction of sp³-hybridized carbons (Fsp3) is 0.769. The number of nitrogens with one attached hydrogen (secondary N) is 1. The van der Waals surface area contributed by atoms with Crippen LogP contribution in [-0.4, -0.2) is 40.5 Å². The molecule has 1 saturated heterocycles. The molecule has 1 aromatic heterocycles. The van der Waals surface area contributed by atoms with Crippen LogP contribution in [0.2, 0.25) is 0 Å². The third-order valence-corrected chi connectivity index (χ3v) is 7.36. The van der Waals surface area contributed by atoms with Gasteiger partial charge in [-0.15, -0.1) is 0 Å². The standard InChI is InChI=1S/C13H18F3N3O2S/c1-12(4-5-12)22(20,21)19-6-2-9(3-7-19)11-17-8-10(18-11)13(14,15)16/h8-9H,2-7H2,1H3,(H,17,18). The summed E-state index contributed by atoms with van der Waals surface area (Å²) in [6, 6.07) is 0. The van der Waals surface area contributed by atoms with Crippen molar-refractivity contribution in [3.8, 4) is 0 Å². The van der Waals surface area contributed by atoms with Crippen molar-refractivity contribution in [3.05, 3.63) is 17.7 Å². The molecular formula is C13H18F3N3O2S. The van der Waals surface area contributed by atoms with Crippen LogP contribution < -0.4 is 0 Å². The van der Waals surface area contributed by atoms with Gasteiger partial charge in [0.05, 0.1) is 10.9 Å². The van der Waals surface area contributed by atoms with Gasteiger partial charge in [-0.1, -0.05) is 0 Å². The molecule has 3 rings (SSSR count). The zero-order chi connectivity index (χ0) is 16.2. The van der Waals surface area contributed by atoms with Crippen molar-refractivity contribution in [2.45, 2.75) is 49.4 Å². The Balaban J connectivity index is 1.66. The van der Waals surface area contributed by atoms with Crippen molar-refractivity contribution < 1.29 is 21.6 Å². The molecule has 0 spiro atoms. The summed E-state index contributed by atoms with van der Waals surface area (Å²) in [5.74, 6) is 0.136. The van der Waals surface area contributed by atoms with Gasteiger partial charge in [0.2, 0.25) is 10.0 Å². The molecule has 1 aromatic rings. The van der Waals surface area contributed by atoms with Crippen LogP contribution in [0.4, 0.5) is 13.2 Å². The Hall–Kier alpha value is -1.09. The second-order valence-electron chi connectivity index (χ2n) is 6.31. The Morgan fingerprint density at radius 2 is 1.91 bits per heavy atom. The highest BCUT2D eigenvalue weighted by Crippen LogP contribution is 2.45. The minimum Gasteiger partial charge on any atom is -0.338 e. The van der Waals surface area contributed by atoms with Gasteiger partial charge in [0, 0.05) is 19.0 Å². The lowest BCUT2D eigenvalue weighted by Gasteiger charge is -2.32. The summed E-state index contributed by atoms with van der Waals surface area (Å²) in [5, 5.41) is 0. The highest BCUT2D eigenvalue weighted by molar-refractivity contribution is 7.90. The van der Waals surface area contributed by atoms with Crippen LogP contribution in [0.1, 0.15) is 50.0 Å². The largest absolute Gasteiger partial charge is 0.432 e. The normalized spacial score (nSPS) is 23.6. The van der Waals surface area contributed by atoms with Crippen molar-refractivity contribution in [1.29, 1.82) is 0 Å². The number of piperidine rings is 1. The lowest BCUT2D eigenvalue weighted by molar-refractivity contribution is -0.141. The van der Waals surface area contributed by atoms with E-state index in [4.69, 9.17) is 0 Å². The van der Waals surface area contributed by atoms with Crippen molar-refractivity contribution in [3.63, 3.8) is 0 Å². The van der Waals surface area contributed by atoms with Gasteiger partial charge in [-0.3, -0.25) is 0 Å². The molecule has 5 nitrogen and oxygen atoms in total. The van der Waals surface area contributed by atoms with Crippen LogP contribution in [0.3, 0.4) is 0 Å². The molecule has 0 radical (unpaired) electrons. The number of hydrogen-bond acceptors (Lipinski definition) is 3. The maximum Gasteiger partial charge on any atom is 0.432 e. The van der Waals surface area contributed by atoms with Crippen LogP contribution in [0.15, 0.2) is 6.20 Å². The SMILES string of the molecule is CC1(S(=O)(=O)N2CCC(c3ncc(C(F)(F)F)[nH]3)CC2)CC1. The van der Waals surface area contributed by atoms with Crippen LogP contribution >= 0.6 is 0 Å². The van der Waals surface area contributed by atoms with E-state index in [1.807, 2.05) is 0 Å². The van der Waals surface area contributed by atoms with Gasteiger partial charge in [0.1, 0.15) is 11.5 Å². The summed E-state index contributed by atoms with van der Waals surface area (Å²) in [7, 11) is -3.29. The van der Waals surface area contributed by atoms with E-state index >= 15 is 0 Å². The summed E-state index contributed by atoms with van der Waals surface area (Å²) < 4.78 is 63.3. The number of aromatic amines is 1. The van der Waals surface area contributed by atoms with Gasteiger partial charge < -0.3 is 4.98 Å². The molecule has 124 valence electrons. The lowest BCUT2D eigenvalue weighted by Crippen LogP contribution is -2.43. The Bertz CT molecular complexity index is 656. The predicted molar refractivity (Wildman–Crippen MR) is 73.7 cm³/mol. The van der Waals surface area contributed by atoms with E-state index in [2.05, 4.69) is 9.97 Å². The van der Waals surface area contributed by atoms with Crippen molar-refractivity contribution >= 4 is 10.0 Å². The second kappa shape index (κ2) is 4.95. The molecule has 0 atom stereocenters. The summed E-state index contributed by atoms with van der Waals surface area (Å²) in [6.45, 7) is 2.42. The van der Waals surface area contributed by atoms with Gasteiger partial charge >= 0.3 is 6.18 Å². The smallest absolute Gasteiger partial charge is 0.338 e. The monoisotopic (exact) mass is 337 g/mol. The highest BCUT2D eigenvalue weighted by atomic mass is 32.2. The predicted octanol–water partition coefficient (Wildman–Crippen LogP) is 2.49. The molecular weight excluding hydrogens is 319 g/mol. The average Bonchev–Trinajstić information content (AvgIpc) is 3.03. The quantitative estimate of drug-likeness (QED) is 0.921. The molecule has 22 heavy (non-hydrogen) atoms. The first kappa shape index (κ1) is 15.8. The Morgan fingerprint density at radius 1 is 1.32 bits per heavy atom. The number of nitrogens with zero attached hydrogens (tertiary/aromatic N) is 2. The Morgan fingerprint density at radius 3 is 2.36 bits per heavy atom. The summed E-state index contributed by atoms with van der Waals surface area (Å²) in [5.41, 5.74) is -0.858. The molecule has 0 amide bonds. The molecule has 1 N–H and O–H groups in total. The molecule has 1 aliphatic carbocycles. The van der Waals surface area contributed by atoms with Gasteiger partial charge in [0.15, 0.2) is 0 Å². The first-order valence-corrected chi connectivity index (χ1v) is 8.69. The number of rotatable bonds is 3. The fourth-order valence-corrected chi connectivity index (χ4v) is 4.74. The number of imidazole rings is 1. The minimum atomic E-state index is -4.43. The van der Waals surface area contributed by atoms with Gasteiger partial charge in [-0.25, -0.2) is 17.7 Å². The van der Waals surface area contributed by atoms with Crippen LogP contribution in [-0.2, 0) is 16.2 Å². The van der Waals surface area contributed by atoms with E-state index < -0.39 is 26.6 Å². The molecule has 0 bridgehead atoms. The summed E-state index contributed by atoms with van der Waals surface area (Å²) in [4.78, 5) is 6.13. The molecule has 0 aromatic carbocycles. The summed E-state index contributed by atoms with van der Waals surface area (Å²) in [6.07, 6.45) is -1.30. The Labute approximate surface area is 127 Å². The van der Waals surface area contributed by atoms with Gasteiger partial charge in [-0.2, -0.15) is 13.2 Å². The second-order valence-corrected chi connectivity index (χ2v) is 8.76. The third-order valence-electron chi connectivity index (χ3n) is 4.66. The first-order valence-electron chi connectivity index (χ1n) is 7.25.